The van der Waals surface area contributed by atoms with Crippen molar-refractivity contribution in [1.82, 2.24) is 4.98 Å². The fraction of sp³-hybridized carbons (Fsp3) is 0.304. The molecule has 31 heavy (non-hydrogen) atoms. The van der Waals surface area contributed by atoms with Gasteiger partial charge >= 0.3 is 5.97 Å². The van der Waals surface area contributed by atoms with Gasteiger partial charge in [-0.1, -0.05) is 57.0 Å². The molecule has 0 saturated carbocycles. The Morgan fingerprint density at radius 3 is 2.45 bits per heavy atom. The van der Waals surface area contributed by atoms with Crippen LogP contribution in [0.25, 0.3) is 11.3 Å². The van der Waals surface area contributed by atoms with Gasteiger partial charge in [0.1, 0.15) is 11.3 Å². The van der Waals surface area contributed by atoms with E-state index in [-0.39, 0.29) is 5.56 Å². The first-order valence-corrected chi connectivity index (χ1v) is 11.5. The van der Waals surface area contributed by atoms with Crippen molar-refractivity contribution < 1.29 is 14.6 Å². The molecule has 0 aliphatic carbocycles. The maximum Gasteiger partial charge on any atom is 0.339 e. The molecule has 3 rings (SSSR count). The Hall–Kier alpha value is -2.28. The molecule has 0 radical (unpaired) electrons. The number of aromatic nitrogens is 1. The summed E-state index contributed by atoms with van der Waals surface area (Å²) >= 11 is 13.8. The number of hydrogen-bond donors (Lipinski definition) is 2. The lowest BCUT2D eigenvalue weighted by molar-refractivity contribution is 0.0693. The zero-order valence-corrected chi connectivity index (χ0v) is 20.5. The number of hydrogen-bond acceptors (Lipinski definition) is 5. The molecule has 1 aromatic heterocycles. The number of aromatic carboxylic acids is 1. The first-order valence-electron chi connectivity index (χ1n) is 9.92. The molecule has 0 amide bonds. The first kappa shape index (κ1) is 25.0. The van der Waals surface area contributed by atoms with E-state index in [0.29, 0.717) is 32.5 Å². The van der Waals surface area contributed by atoms with Crippen LogP contribution in [-0.4, -0.2) is 23.2 Å². The van der Waals surface area contributed by atoms with Crippen LogP contribution in [0.4, 0.5) is 10.8 Å². The average Bonchev–Trinajstić information content (AvgIpc) is 3.12. The second-order valence-electron chi connectivity index (χ2n) is 6.86. The predicted molar refractivity (Wildman–Crippen MR) is 131 cm³/mol. The Morgan fingerprint density at radius 2 is 1.87 bits per heavy atom. The highest BCUT2D eigenvalue weighted by atomic mass is 35.5. The number of nitrogens with one attached hydrogen (secondary N) is 1. The summed E-state index contributed by atoms with van der Waals surface area (Å²) in [5.74, 6) is -0.301. The van der Waals surface area contributed by atoms with Crippen LogP contribution in [0.1, 0.15) is 42.9 Å². The van der Waals surface area contributed by atoms with Crippen LogP contribution in [0.2, 0.25) is 10.0 Å². The second-order valence-corrected chi connectivity index (χ2v) is 8.76. The predicted octanol–water partition coefficient (Wildman–Crippen LogP) is 7.79. The topological polar surface area (TPSA) is 71.5 Å². The summed E-state index contributed by atoms with van der Waals surface area (Å²) in [4.78, 5) is 17.3. The number of benzene rings is 2. The van der Waals surface area contributed by atoms with E-state index in [9.17, 15) is 9.90 Å². The fourth-order valence-corrected chi connectivity index (χ4v) is 4.37. The van der Waals surface area contributed by atoms with Crippen molar-refractivity contribution in [3.05, 3.63) is 56.9 Å². The van der Waals surface area contributed by atoms with E-state index in [0.717, 1.165) is 22.6 Å². The molecule has 2 N–H and O–H groups in total. The molecule has 1 heterocycles. The molecule has 3 aromatic rings. The molecule has 0 aliphatic rings. The minimum atomic E-state index is -1.05. The fourth-order valence-electron chi connectivity index (χ4n) is 2.86. The molecule has 2 aromatic carbocycles. The largest absolute Gasteiger partial charge is 0.496 e. The van der Waals surface area contributed by atoms with Crippen molar-refractivity contribution in [2.45, 2.75) is 34.1 Å². The van der Waals surface area contributed by atoms with E-state index in [1.54, 1.807) is 18.2 Å². The van der Waals surface area contributed by atoms with Crippen LogP contribution >= 0.6 is 34.5 Å². The van der Waals surface area contributed by atoms with Gasteiger partial charge in [0.25, 0.3) is 0 Å². The van der Waals surface area contributed by atoms with Gasteiger partial charge < -0.3 is 15.2 Å². The van der Waals surface area contributed by atoms with Crippen molar-refractivity contribution in [1.29, 1.82) is 0 Å². The summed E-state index contributed by atoms with van der Waals surface area (Å²) in [6.45, 7) is 8.29. The molecule has 0 unspecified atom stereocenters. The normalized spacial score (nSPS) is 10.5. The molecule has 0 aliphatic heterocycles. The molecule has 0 saturated heterocycles. The Morgan fingerprint density at radius 1 is 1.16 bits per heavy atom. The number of halogens is 2. The van der Waals surface area contributed by atoms with Crippen LogP contribution in [0.5, 0.6) is 5.75 Å². The van der Waals surface area contributed by atoms with Gasteiger partial charge in [0, 0.05) is 16.1 Å². The number of anilines is 2. The number of carboxylic acid groups (broad SMARTS) is 1. The minimum absolute atomic E-state index is 0.0844. The van der Waals surface area contributed by atoms with Crippen molar-refractivity contribution in [2.24, 2.45) is 5.92 Å². The number of ether oxygens (including phenoxy) is 1. The van der Waals surface area contributed by atoms with Gasteiger partial charge in [-0.2, -0.15) is 0 Å². The zero-order valence-electron chi connectivity index (χ0n) is 18.1. The van der Waals surface area contributed by atoms with Crippen molar-refractivity contribution >= 4 is 51.3 Å². The third kappa shape index (κ3) is 6.35. The Kier molecular flexibility index (Phi) is 9.16. The third-order valence-electron chi connectivity index (χ3n) is 4.17. The molecule has 0 fully saturated rings. The van der Waals surface area contributed by atoms with E-state index in [1.807, 2.05) is 26.0 Å². The maximum absolute atomic E-state index is 11.5. The summed E-state index contributed by atoms with van der Waals surface area (Å²) in [6.07, 6.45) is 0.859. The summed E-state index contributed by atoms with van der Waals surface area (Å²) in [5, 5.41) is 14.2. The number of carbonyl (C=O) groups is 1. The van der Waals surface area contributed by atoms with Gasteiger partial charge in [-0.05, 0) is 42.7 Å². The van der Waals surface area contributed by atoms with Gasteiger partial charge in [0.2, 0.25) is 0 Å². The van der Waals surface area contributed by atoms with E-state index < -0.39 is 5.97 Å². The molecule has 0 atom stereocenters. The van der Waals surface area contributed by atoms with Crippen LogP contribution in [-0.2, 0) is 6.42 Å². The number of nitrogens with zero attached hydrogens (tertiary/aromatic N) is 1. The van der Waals surface area contributed by atoms with Gasteiger partial charge in [0.05, 0.1) is 22.8 Å². The maximum atomic E-state index is 11.5. The van der Waals surface area contributed by atoms with Gasteiger partial charge in [-0.25, -0.2) is 9.78 Å². The third-order valence-corrected chi connectivity index (χ3v) is 5.90. The minimum Gasteiger partial charge on any atom is -0.496 e. The van der Waals surface area contributed by atoms with Gasteiger partial charge in [0.15, 0.2) is 5.13 Å². The highest BCUT2D eigenvalue weighted by Gasteiger charge is 2.17. The standard InChI is InChI=1S/C21H20Cl2N2O3S.C2H6/c1-11(2)8-18-19(12-4-6-15(22)16(23)9-12)25-21(29-18)24-13-5-7-17(28-3)14(10-13)20(26)27;1-2/h4-7,9-11H,8H2,1-3H3,(H,24,25)(H,26,27);1-2H3. The highest BCUT2D eigenvalue weighted by molar-refractivity contribution is 7.16. The summed E-state index contributed by atoms with van der Waals surface area (Å²) in [6, 6.07) is 10.4. The van der Waals surface area contributed by atoms with E-state index in [1.165, 1.54) is 24.5 Å². The lowest BCUT2D eigenvalue weighted by Crippen LogP contribution is -2.01. The Bertz CT molecular complexity index is 1050. The molecule has 5 nitrogen and oxygen atoms in total. The monoisotopic (exact) mass is 480 g/mol. The van der Waals surface area contributed by atoms with E-state index >= 15 is 0 Å². The quantitative estimate of drug-likeness (QED) is 0.360. The molecule has 8 heteroatoms. The summed E-state index contributed by atoms with van der Waals surface area (Å²) in [5.41, 5.74) is 2.44. The number of thiazole rings is 1. The van der Waals surface area contributed by atoms with Crippen LogP contribution in [0.15, 0.2) is 36.4 Å². The number of methoxy groups -OCH3 is 1. The highest BCUT2D eigenvalue weighted by Crippen LogP contribution is 2.37. The zero-order chi connectivity index (χ0) is 23.1. The molecular weight excluding hydrogens is 455 g/mol. The lowest BCUT2D eigenvalue weighted by Gasteiger charge is -2.08. The molecule has 0 bridgehead atoms. The van der Waals surface area contributed by atoms with Crippen LogP contribution in [0, 0.1) is 5.92 Å². The molecule has 0 spiro atoms. The Labute approximate surface area is 197 Å². The summed E-state index contributed by atoms with van der Waals surface area (Å²) < 4.78 is 5.11. The van der Waals surface area contributed by atoms with Gasteiger partial charge in [-0.15, -0.1) is 11.3 Å². The summed E-state index contributed by atoms with van der Waals surface area (Å²) in [7, 11) is 1.44. The van der Waals surface area contributed by atoms with Crippen molar-refractivity contribution in [2.75, 3.05) is 12.4 Å². The van der Waals surface area contributed by atoms with Crippen LogP contribution < -0.4 is 10.1 Å². The number of carboxylic acids is 1. The van der Waals surface area contributed by atoms with Crippen molar-refractivity contribution in [3.63, 3.8) is 0 Å². The smallest absolute Gasteiger partial charge is 0.339 e. The first-order chi connectivity index (χ1) is 14.8. The molecule has 166 valence electrons. The number of rotatable bonds is 7. The molecular formula is C23H26Cl2N2O3S. The van der Waals surface area contributed by atoms with E-state index in [2.05, 4.69) is 19.2 Å². The van der Waals surface area contributed by atoms with Crippen molar-refractivity contribution in [3.8, 4) is 17.0 Å². The Balaban J connectivity index is 0.00000166. The second kappa shape index (κ2) is 11.4. The van der Waals surface area contributed by atoms with Gasteiger partial charge in [-0.3, -0.25) is 0 Å². The average molecular weight is 481 g/mol. The van der Waals surface area contributed by atoms with E-state index in [4.69, 9.17) is 32.9 Å². The lowest BCUT2D eigenvalue weighted by atomic mass is 10.0. The van der Waals surface area contributed by atoms with Crippen LogP contribution in [0.3, 0.4) is 0 Å². The SMILES string of the molecule is CC.COc1ccc(Nc2nc(-c3ccc(Cl)c(Cl)c3)c(CC(C)C)s2)cc1C(=O)O.